The summed E-state index contributed by atoms with van der Waals surface area (Å²) in [4.78, 5) is 21.9. The van der Waals surface area contributed by atoms with Crippen molar-refractivity contribution in [2.45, 2.75) is 26.7 Å². The van der Waals surface area contributed by atoms with E-state index in [-0.39, 0.29) is 0 Å². The number of carboxylic acids is 1. The Morgan fingerprint density at radius 2 is 1.58 bits per heavy atom. The van der Waals surface area contributed by atoms with Crippen LogP contribution in [0.25, 0.3) is 50.3 Å². The number of carboxylic acid groups (broad SMARTS) is 1. The molecule has 4 aromatic carbocycles. The first-order valence-corrected chi connectivity index (χ1v) is 12.8. The van der Waals surface area contributed by atoms with Crippen LogP contribution in [0, 0.1) is 6.92 Å². The molecule has 2 aromatic heterocycles. The third kappa shape index (κ3) is 3.77. The molecule has 6 aromatic rings. The van der Waals surface area contributed by atoms with Crippen LogP contribution in [-0.4, -0.2) is 30.2 Å². The molecule has 6 heteroatoms. The van der Waals surface area contributed by atoms with Crippen molar-refractivity contribution in [2.24, 2.45) is 7.05 Å². The van der Waals surface area contributed by atoms with E-state index >= 15 is 0 Å². The first-order valence-electron chi connectivity index (χ1n) is 12.8. The lowest BCUT2D eigenvalue weighted by molar-refractivity contribution is 0.0697. The quantitative estimate of drug-likeness (QED) is 0.262. The minimum absolute atomic E-state index is 0.293. The van der Waals surface area contributed by atoms with Gasteiger partial charge >= 0.3 is 5.97 Å². The van der Waals surface area contributed by atoms with Gasteiger partial charge < -0.3 is 9.67 Å². The van der Waals surface area contributed by atoms with Gasteiger partial charge in [0.1, 0.15) is 11.6 Å². The number of hydrogen-bond donors (Lipinski definition) is 1. The van der Waals surface area contributed by atoms with Crippen molar-refractivity contribution in [2.75, 3.05) is 0 Å². The van der Waals surface area contributed by atoms with Gasteiger partial charge in [-0.1, -0.05) is 49.4 Å². The lowest BCUT2D eigenvalue weighted by Gasteiger charge is -2.17. The maximum atomic E-state index is 12.0. The van der Waals surface area contributed by atoms with Crippen LogP contribution in [0.3, 0.4) is 0 Å². The van der Waals surface area contributed by atoms with Crippen LogP contribution in [0.5, 0.6) is 0 Å². The summed E-state index contributed by atoms with van der Waals surface area (Å²) in [6.45, 7) is 4.21. The summed E-state index contributed by atoms with van der Waals surface area (Å²) in [6, 6.07) is 27.7. The van der Waals surface area contributed by atoms with Gasteiger partial charge in [-0.15, -0.1) is 0 Å². The van der Waals surface area contributed by atoms with Crippen molar-refractivity contribution >= 4 is 28.0 Å². The molecule has 0 atom stereocenters. The Kier molecular flexibility index (Phi) is 5.80. The van der Waals surface area contributed by atoms with Crippen molar-refractivity contribution in [3.8, 4) is 28.2 Å². The third-order valence-electron chi connectivity index (χ3n) is 7.24. The molecule has 0 spiro atoms. The molecule has 0 aliphatic carbocycles. The van der Waals surface area contributed by atoms with Crippen molar-refractivity contribution in [1.82, 2.24) is 19.1 Å². The van der Waals surface area contributed by atoms with E-state index in [0.717, 1.165) is 68.9 Å². The Labute approximate surface area is 220 Å². The first kappa shape index (κ1) is 23.7. The molecule has 0 unspecified atom stereocenters. The second kappa shape index (κ2) is 9.30. The van der Waals surface area contributed by atoms with E-state index < -0.39 is 5.97 Å². The summed E-state index contributed by atoms with van der Waals surface area (Å²) in [5.74, 6) is 0.951. The average Bonchev–Trinajstić information content (AvgIpc) is 3.46. The van der Waals surface area contributed by atoms with Gasteiger partial charge in [-0.25, -0.2) is 14.8 Å². The fourth-order valence-electron chi connectivity index (χ4n) is 5.39. The van der Waals surface area contributed by atoms with Crippen LogP contribution in [0.1, 0.15) is 35.1 Å². The summed E-state index contributed by atoms with van der Waals surface area (Å²) >= 11 is 0. The second-order valence-corrected chi connectivity index (χ2v) is 9.60. The third-order valence-corrected chi connectivity index (χ3v) is 7.24. The van der Waals surface area contributed by atoms with Crippen molar-refractivity contribution in [3.63, 3.8) is 0 Å². The van der Waals surface area contributed by atoms with Gasteiger partial charge in [-0.05, 0) is 72.5 Å². The number of rotatable bonds is 6. The molecule has 0 aliphatic rings. The van der Waals surface area contributed by atoms with E-state index in [2.05, 4.69) is 53.3 Å². The van der Waals surface area contributed by atoms with Gasteiger partial charge in [0, 0.05) is 19.0 Å². The van der Waals surface area contributed by atoms with Crippen LogP contribution in [-0.2, 0) is 13.5 Å². The Hall–Kier alpha value is -4.71. The van der Waals surface area contributed by atoms with E-state index in [9.17, 15) is 9.90 Å². The summed E-state index contributed by atoms with van der Waals surface area (Å²) in [6.07, 6.45) is 1.78. The smallest absolute Gasteiger partial charge is 0.336 e. The molecule has 0 radical (unpaired) electrons. The highest BCUT2D eigenvalue weighted by atomic mass is 16.4. The fourth-order valence-corrected chi connectivity index (χ4v) is 5.39. The van der Waals surface area contributed by atoms with Gasteiger partial charge in [0.2, 0.25) is 0 Å². The van der Waals surface area contributed by atoms with Gasteiger partial charge in [-0.2, -0.15) is 0 Å². The van der Waals surface area contributed by atoms with Gasteiger partial charge in [0.25, 0.3) is 0 Å². The molecule has 1 N–H and O–H groups in total. The summed E-state index contributed by atoms with van der Waals surface area (Å²) in [5.41, 5.74) is 8.90. The molecule has 188 valence electrons. The van der Waals surface area contributed by atoms with E-state index in [1.807, 2.05) is 49.5 Å². The molecule has 38 heavy (non-hydrogen) atoms. The fraction of sp³-hybridized carbons (Fsp3) is 0.156. The normalized spacial score (nSPS) is 11.4. The lowest BCUT2D eigenvalue weighted by Crippen LogP contribution is -2.05. The van der Waals surface area contributed by atoms with Gasteiger partial charge in [0.15, 0.2) is 0 Å². The van der Waals surface area contributed by atoms with E-state index in [1.54, 1.807) is 12.1 Å². The number of fused-ring (bicyclic) bond motifs is 2. The van der Waals surface area contributed by atoms with Crippen molar-refractivity contribution in [1.29, 1.82) is 0 Å². The zero-order valence-corrected chi connectivity index (χ0v) is 21.6. The van der Waals surface area contributed by atoms with Crippen molar-refractivity contribution < 1.29 is 9.90 Å². The average molecular weight is 501 g/mol. The maximum absolute atomic E-state index is 12.0. The van der Waals surface area contributed by atoms with Crippen LogP contribution >= 0.6 is 0 Å². The Bertz CT molecular complexity index is 1840. The minimum Gasteiger partial charge on any atom is -0.478 e. The zero-order valence-electron chi connectivity index (χ0n) is 21.6. The highest BCUT2D eigenvalue weighted by Gasteiger charge is 2.19. The maximum Gasteiger partial charge on any atom is 0.336 e. The molecule has 0 bridgehead atoms. The molecular weight excluding hydrogens is 472 g/mol. The SMILES string of the molecule is CCCc1nc2ccc(-c3nc4ccccc4n3C)cc2n1-c1cccc(-c2ccccc2C(=O)O)c1C. The Morgan fingerprint density at radius 3 is 2.37 bits per heavy atom. The second-order valence-electron chi connectivity index (χ2n) is 9.60. The number of aromatic nitrogens is 4. The predicted octanol–water partition coefficient (Wildman–Crippen LogP) is 7.21. The number of para-hydroxylation sites is 2. The molecule has 0 saturated carbocycles. The van der Waals surface area contributed by atoms with Crippen LogP contribution < -0.4 is 0 Å². The van der Waals surface area contributed by atoms with Crippen LogP contribution in [0.15, 0.2) is 84.9 Å². The monoisotopic (exact) mass is 500 g/mol. The first-order chi connectivity index (χ1) is 18.5. The predicted molar refractivity (Wildman–Crippen MR) is 152 cm³/mol. The minimum atomic E-state index is -0.933. The molecule has 0 amide bonds. The summed E-state index contributed by atoms with van der Waals surface area (Å²) in [5, 5.41) is 9.82. The van der Waals surface area contributed by atoms with E-state index in [4.69, 9.17) is 9.97 Å². The Morgan fingerprint density at radius 1 is 0.842 bits per heavy atom. The molecule has 2 heterocycles. The molecule has 0 fully saturated rings. The highest BCUT2D eigenvalue weighted by Crippen LogP contribution is 2.34. The Balaban J connectivity index is 1.58. The van der Waals surface area contributed by atoms with Crippen LogP contribution in [0.2, 0.25) is 0 Å². The number of hydrogen-bond acceptors (Lipinski definition) is 3. The number of imidazole rings is 2. The molecule has 6 rings (SSSR count). The summed E-state index contributed by atoms with van der Waals surface area (Å²) in [7, 11) is 2.04. The number of carbonyl (C=O) groups is 1. The number of nitrogens with zero attached hydrogens (tertiary/aromatic N) is 4. The highest BCUT2D eigenvalue weighted by molar-refractivity contribution is 5.97. The number of aryl methyl sites for hydroxylation is 2. The largest absolute Gasteiger partial charge is 0.478 e. The lowest BCUT2D eigenvalue weighted by atomic mass is 9.95. The topological polar surface area (TPSA) is 72.9 Å². The zero-order chi connectivity index (χ0) is 26.4. The molecular formula is C32H28N4O2. The van der Waals surface area contributed by atoms with E-state index in [1.165, 1.54) is 0 Å². The van der Waals surface area contributed by atoms with Gasteiger partial charge in [-0.3, -0.25) is 4.57 Å². The molecule has 6 nitrogen and oxygen atoms in total. The van der Waals surface area contributed by atoms with Crippen molar-refractivity contribution in [3.05, 3.63) is 102 Å². The van der Waals surface area contributed by atoms with Gasteiger partial charge in [0.05, 0.1) is 33.3 Å². The summed E-state index contributed by atoms with van der Waals surface area (Å²) < 4.78 is 4.35. The standard InChI is InChI=1S/C32H28N4O2/c1-4-10-30-33-26-18-17-21(31-34-25-14-7-8-15-28(25)35(31)3)19-29(26)36(30)27-16-9-13-22(20(27)2)23-11-5-6-12-24(23)32(37)38/h5-9,11-19H,4,10H2,1-3H3,(H,37,38). The van der Waals surface area contributed by atoms with Crippen LogP contribution in [0.4, 0.5) is 0 Å². The number of benzene rings is 4. The number of aromatic carboxylic acids is 1. The molecule has 0 saturated heterocycles. The van der Waals surface area contributed by atoms with E-state index in [0.29, 0.717) is 11.1 Å². The molecule has 0 aliphatic heterocycles.